The summed E-state index contributed by atoms with van der Waals surface area (Å²) in [6.45, 7) is 8.59. The predicted octanol–water partition coefficient (Wildman–Crippen LogP) is 4.67. The van der Waals surface area contributed by atoms with Crippen molar-refractivity contribution >= 4 is 5.97 Å². The normalized spacial score (nSPS) is 11.5. The van der Waals surface area contributed by atoms with Gasteiger partial charge in [-0.25, -0.2) is 0 Å². The second-order valence-electron chi connectivity index (χ2n) is 10.3. The lowest BCUT2D eigenvalue weighted by Gasteiger charge is -2.36. The molecule has 0 radical (unpaired) electrons. The fourth-order valence-corrected chi connectivity index (χ4v) is 4.69. The van der Waals surface area contributed by atoms with E-state index in [4.69, 9.17) is 42.6 Å². The van der Waals surface area contributed by atoms with Gasteiger partial charge < -0.3 is 42.6 Å². The number of esters is 1. The van der Waals surface area contributed by atoms with Gasteiger partial charge in [0.25, 0.3) is 0 Å². The lowest BCUT2D eigenvalue weighted by molar-refractivity contribution is -0.142. The van der Waals surface area contributed by atoms with E-state index in [1.807, 2.05) is 54.6 Å². The SMILES string of the molecule is CC(=O)OCCOCCOCCOCCOCCOCCOCCOCCOC(c1ccccc1)(c1ccccc1)c1ccccc1. The van der Waals surface area contributed by atoms with E-state index < -0.39 is 5.60 Å². The Bertz CT molecular complexity index is 1070. The van der Waals surface area contributed by atoms with Gasteiger partial charge >= 0.3 is 5.97 Å². The zero-order valence-corrected chi connectivity index (χ0v) is 27.6. The van der Waals surface area contributed by atoms with Crippen molar-refractivity contribution in [2.24, 2.45) is 0 Å². The summed E-state index contributed by atoms with van der Waals surface area (Å²) in [5, 5.41) is 0. The highest BCUT2D eigenvalue weighted by Gasteiger charge is 2.37. The molecule has 0 aliphatic carbocycles. The van der Waals surface area contributed by atoms with Gasteiger partial charge in [0.1, 0.15) is 12.2 Å². The molecule has 3 aromatic rings. The summed E-state index contributed by atoms with van der Waals surface area (Å²) >= 11 is 0. The molecule has 0 bridgehead atoms. The zero-order chi connectivity index (χ0) is 33.1. The maximum Gasteiger partial charge on any atom is 0.302 e. The van der Waals surface area contributed by atoms with Crippen LogP contribution in [0.25, 0.3) is 0 Å². The van der Waals surface area contributed by atoms with Crippen molar-refractivity contribution in [1.29, 1.82) is 0 Å². The fourth-order valence-electron chi connectivity index (χ4n) is 4.69. The Morgan fingerprint density at radius 1 is 0.404 bits per heavy atom. The van der Waals surface area contributed by atoms with Gasteiger partial charge in [0, 0.05) is 6.92 Å². The van der Waals surface area contributed by atoms with E-state index in [-0.39, 0.29) is 12.6 Å². The molecule has 0 aliphatic rings. The summed E-state index contributed by atoms with van der Waals surface area (Å²) < 4.78 is 50.1. The van der Waals surface area contributed by atoms with Gasteiger partial charge in [-0.05, 0) is 16.7 Å². The third-order valence-electron chi connectivity index (χ3n) is 6.85. The number of carbonyl (C=O) groups is 1. The monoisotopic (exact) mass is 654 g/mol. The molecular weight excluding hydrogens is 604 g/mol. The Morgan fingerprint density at radius 3 is 0.936 bits per heavy atom. The molecule has 0 saturated carbocycles. The minimum atomic E-state index is -0.751. The van der Waals surface area contributed by atoms with Crippen LogP contribution in [0.15, 0.2) is 91.0 Å². The lowest BCUT2D eigenvalue weighted by atomic mass is 9.80. The van der Waals surface area contributed by atoms with Crippen LogP contribution in [0, 0.1) is 0 Å². The highest BCUT2D eigenvalue weighted by molar-refractivity contribution is 5.65. The molecule has 0 unspecified atom stereocenters. The maximum atomic E-state index is 10.6. The van der Waals surface area contributed by atoms with Crippen LogP contribution in [0.1, 0.15) is 23.6 Å². The minimum absolute atomic E-state index is 0.257. The lowest BCUT2D eigenvalue weighted by Crippen LogP contribution is -2.34. The van der Waals surface area contributed by atoms with Gasteiger partial charge in [-0.15, -0.1) is 0 Å². The van der Waals surface area contributed by atoms with E-state index in [1.54, 1.807) is 0 Å². The molecule has 0 amide bonds. The largest absolute Gasteiger partial charge is 0.463 e. The number of hydrogen-bond acceptors (Lipinski definition) is 10. The van der Waals surface area contributed by atoms with Crippen LogP contribution < -0.4 is 0 Å². The molecule has 0 aromatic heterocycles. The molecule has 0 saturated heterocycles. The van der Waals surface area contributed by atoms with Gasteiger partial charge in [-0.1, -0.05) is 91.0 Å². The molecule has 47 heavy (non-hydrogen) atoms. The molecular formula is C37H50O10. The topological polar surface area (TPSA) is 100 Å². The number of carbonyl (C=O) groups excluding carboxylic acids is 1. The zero-order valence-electron chi connectivity index (χ0n) is 27.6. The smallest absolute Gasteiger partial charge is 0.302 e. The second kappa shape index (κ2) is 24.9. The first-order chi connectivity index (χ1) is 23.2. The summed E-state index contributed by atoms with van der Waals surface area (Å²) in [5.74, 6) is -0.311. The van der Waals surface area contributed by atoms with E-state index >= 15 is 0 Å². The third kappa shape index (κ3) is 15.5. The van der Waals surface area contributed by atoms with Crippen LogP contribution in [0.3, 0.4) is 0 Å². The van der Waals surface area contributed by atoms with Gasteiger partial charge in [-0.3, -0.25) is 4.79 Å². The van der Waals surface area contributed by atoms with Gasteiger partial charge in [0.2, 0.25) is 0 Å². The van der Waals surface area contributed by atoms with Gasteiger partial charge in [0.05, 0.1) is 99.1 Å². The molecule has 0 spiro atoms. The van der Waals surface area contributed by atoms with Gasteiger partial charge in [0.15, 0.2) is 0 Å². The van der Waals surface area contributed by atoms with Crippen LogP contribution in [-0.4, -0.2) is 112 Å². The molecule has 3 rings (SSSR count). The van der Waals surface area contributed by atoms with E-state index in [9.17, 15) is 4.79 Å². The maximum absolute atomic E-state index is 10.6. The number of hydrogen-bond donors (Lipinski definition) is 0. The molecule has 10 nitrogen and oxygen atoms in total. The molecule has 0 N–H and O–H groups in total. The number of ether oxygens (including phenoxy) is 9. The highest BCUT2D eigenvalue weighted by atomic mass is 16.6. The fraction of sp³-hybridized carbons (Fsp3) is 0.486. The van der Waals surface area contributed by atoms with Crippen LogP contribution in [0.4, 0.5) is 0 Å². The average molecular weight is 655 g/mol. The third-order valence-corrected chi connectivity index (χ3v) is 6.85. The summed E-state index contributed by atoms with van der Waals surface area (Å²) in [4.78, 5) is 10.6. The Hall–Kier alpha value is -3.19. The summed E-state index contributed by atoms with van der Waals surface area (Å²) in [6.07, 6.45) is 0. The first-order valence-electron chi connectivity index (χ1n) is 16.2. The van der Waals surface area contributed by atoms with Crippen molar-refractivity contribution in [2.75, 3.05) is 106 Å². The molecule has 3 aromatic carbocycles. The van der Waals surface area contributed by atoms with Crippen molar-refractivity contribution in [1.82, 2.24) is 0 Å². The first kappa shape index (κ1) is 38.3. The van der Waals surface area contributed by atoms with E-state index in [2.05, 4.69) is 36.4 Å². The van der Waals surface area contributed by atoms with Crippen LogP contribution in [0.2, 0.25) is 0 Å². The summed E-state index contributed by atoms with van der Waals surface area (Å²) in [5.41, 5.74) is 2.44. The quantitative estimate of drug-likeness (QED) is 0.0624. The van der Waals surface area contributed by atoms with Crippen molar-refractivity contribution in [3.63, 3.8) is 0 Å². The van der Waals surface area contributed by atoms with E-state index in [1.165, 1.54) is 6.92 Å². The Balaban J connectivity index is 1.16. The molecule has 0 heterocycles. The minimum Gasteiger partial charge on any atom is -0.463 e. The Morgan fingerprint density at radius 2 is 0.660 bits per heavy atom. The summed E-state index contributed by atoms with van der Waals surface area (Å²) in [6, 6.07) is 30.9. The molecule has 0 atom stereocenters. The second-order valence-corrected chi connectivity index (χ2v) is 10.3. The Kier molecular flexibility index (Phi) is 20.3. The van der Waals surface area contributed by atoms with Crippen LogP contribution in [-0.2, 0) is 53.0 Å². The average Bonchev–Trinajstić information content (AvgIpc) is 3.11. The van der Waals surface area contributed by atoms with Crippen molar-refractivity contribution in [3.8, 4) is 0 Å². The molecule has 258 valence electrons. The predicted molar refractivity (Wildman–Crippen MR) is 178 cm³/mol. The van der Waals surface area contributed by atoms with E-state index in [0.717, 1.165) is 16.7 Å². The van der Waals surface area contributed by atoms with Crippen LogP contribution in [0.5, 0.6) is 0 Å². The first-order valence-corrected chi connectivity index (χ1v) is 16.2. The van der Waals surface area contributed by atoms with E-state index in [0.29, 0.717) is 99.1 Å². The molecule has 0 fully saturated rings. The number of benzene rings is 3. The van der Waals surface area contributed by atoms with Crippen LogP contribution >= 0.6 is 0 Å². The highest BCUT2D eigenvalue weighted by Crippen LogP contribution is 2.40. The standard InChI is InChI=1S/C37H50O10/c1-33(38)46-31-29-44-27-25-42-23-21-40-19-17-39-18-20-41-22-24-43-26-28-45-30-32-47-37(34-11-5-2-6-12-34,35-13-7-3-8-14-35)36-15-9-4-10-16-36/h2-16H,17-32H2,1H3. The van der Waals surface area contributed by atoms with Crippen molar-refractivity contribution in [3.05, 3.63) is 108 Å². The Labute approximate surface area is 279 Å². The van der Waals surface area contributed by atoms with Crippen molar-refractivity contribution in [2.45, 2.75) is 12.5 Å². The summed E-state index contributed by atoms with van der Waals surface area (Å²) in [7, 11) is 0. The van der Waals surface area contributed by atoms with Gasteiger partial charge in [-0.2, -0.15) is 0 Å². The van der Waals surface area contributed by atoms with Crippen molar-refractivity contribution < 1.29 is 47.4 Å². The molecule has 10 heteroatoms. The molecule has 0 aliphatic heterocycles. The number of rotatable bonds is 28.